The number of hydrogen-bond donors (Lipinski definition) is 2. The second-order valence-corrected chi connectivity index (χ2v) is 7.47. The van der Waals surface area contributed by atoms with Crippen LogP contribution in [0.4, 0.5) is 5.69 Å². The number of phenols is 1. The number of ether oxygens (including phenoxy) is 5. The minimum Gasteiger partial charge on any atom is -0.504 e. The average Bonchev–Trinajstić information content (AvgIpc) is 2.90. The third-order valence-corrected chi connectivity index (χ3v) is 5.30. The molecule has 0 radical (unpaired) electrons. The van der Waals surface area contributed by atoms with Gasteiger partial charge in [0.05, 0.1) is 41.2 Å². The Labute approximate surface area is 210 Å². The molecule has 0 atom stereocenters. The Morgan fingerprint density at radius 2 is 1.39 bits per heavy atom. The molecule has 8 heteroatoms. The van der Waals surface area contributed by atoms with Crippen LogP contribution in [0.5, 0.6) is 34.5 Å². The summed E-state index contributed by atoms with van der Waals surface area (Å²) < 4.78 is 26.7. The Bertz CT molecular complexity index is 1260. The quantitative estimate of drug-likeness (QED) is 0.295. The number of amides is 1. The topological polar surface area (TPSA) is 95.5 Å². The molecule has 0 saturated heterocycles. The van der Waals surface area contributed by atoms with Crippen molar-refractivity contribution in [1.29, 1.82) is 0 Å². The van der Waals surface area contributed by atoms with Crippen LogP contribution in [0.15, 0.2) is 54.6 Å². The van der Waals surface area contributed by atoms with Crippen LogP contribution in [0.1, 0.15) is 16.7 Å². The van der Waals surface area contributed by atoms with Gasteiger partial charge >= 0.3 is 0 Å². The SMILES string of the molecule is COc1ccc(/C=C/C(=O)Nc2c(C=Cc3cc(OC)c(OC)c(OC)c3)cccc2OC)cc1O. The van der Waals surface area contributed by atoms with Gasteiger partial charge in [-0.25, -0.2) is 0 Å². The summed E-state index contributed by atoms with van der Waals surface area (Å²) in [6.45, 7) is 0. The molecular formula is C28H29NO7. The molecule has 3 aromatic rings. The number of carbonyl (C=O) groups is 1. The summed E-state index contributed by atoms with van der Waals surface area (Å²) in [4.78, 5) is 12.7. The van der Waals surface area contributed by atoms with Gasteiger partial charge in [0.25, 0.3) is 0 Å². The number of phenolic OH excluding ortho intramolecular Hbond substituents is 1. The molecule has 0 aliphatic heterocycles. The predicted molar refractivity (Wildman–Crippen MR) is 140 cm³/mol. The van der Waals surface area contributed by atoms with E-state index in [1.807, 2.05) is 36.4 Å². The number of nitrogens with one attached hydrogen (secondary N) is 1. The molecule has 0 bridgehead atoms. The molecule has 36 heavy (non-hydrogen) atoms. The van der Waals surface area contributed by atoms with E-state index in [9.17, 15) is 9.90 Å². The second kappa shape index (κ2) is 12.2. The summed E-state index contributed by atoms with van der Waals surface area (Å²) in [5.74, 6) is 2.06. The van der Waals surface area contributed by atoms with Gasteiger partial charge in [0.15, 0.2) is 23.0 Å². The third-order valence-electron chi connectivity index (χ3n) is 5.30. The van der Waals surface area contributed by atoms with Crippen molar-refractivity contribution in [2.45, 2.75) is 0 Å². The zero-order chi connectivity index (χ0) is 26.1. The van der Waals surface area contributed by atoms with E-state index in [2.05, 4.69) is 5.32 Å². The lowest BCUT2D eigenvalue weighted by Gasteiger charge is -2.13. The van der Waals surface area contributed by atoms with Crippen molar-refractivity contribution in [2.75, 3.05) is 40.9 Å². The van der Waals surface area contributed by atoms with Crippen LogP contribution in [0.2, 0.25) is 0 Å². The van der Waals surface area contributed by atoms with Gasteiger partial charge in [0, 0.05) is 11.6 Å². The molecule has 2 N–H and O–H groups in total. The van der Waals surface area contributed by atoms with E-state index in [0.717, 1.165) is 11.1 Å². The second-order valence-electron chi connectivity index (χ2n) is 7.47. The molecule has 3 aromatic carbocycles. The van der Waals surface area contributed by atoms with Crippen LogP contribution in [-0.4, -0.2) is 46.6 Å². The summed E-state index contributed by atoms with van der Waals surface area (Å²) in [7, 11) is 7.67. The molecule has 8 nitrogen and oxygen atoms in total. The van der Waals surface area contributed by atoms with Gasteiger partial charge in [0.2, 0.25) is 11.7 Å². The van der Waals surface area contributed by atoms with Gasteiger partial charge in [-0.15, -0.1) is 0 Å². The zero-order valence-electron chi connectivity index (χ0n) is 20.8. The fourth-order valence-electron chi connectivity index (χ4n) is 3.52. The van der Waals surface area contributed by atoms with Gasteiger partial charge < -0.3 is 34.1 Å². The van der Waals surface area contributed by atoms with Crippen molar-refractivity contribution < 1.29 is 33.6 Å². The Morgan fingerprint density at radius 3 is 1.97 bits per heavy atom. The summed E-state index contributed by atoms with van der Waals surface area (Å²) in [5.41, 5.74) is 2.69. The molecule has 0 unspecified atom stereocenters. The Kier molecular flexibility index (Phi) is 8.83. The number of hydrogen-bond acceptors (Lipinski definition) is 7. The van der Waals surface area contributed by atoms with Gasteiger partial charge in [-0.05, 0) is 47.5 Å². The Balaban J connectivity index is 1.87. The lowest BCUT2D eigenvalue weighted by atomic mass is 10.1. The van der Waals surface area contributed by atoms with E-state index < -0.39 is 0 Å². The molecular weight excluding hydrogens is 462 g/mol. The predicted octanol–water partition coefficient (Wildman–Crippen LogP) is 5.26. The van der Waals surface area contributed by atoms with E-state index in [1.54, 1.807) is 45.6 Å². The minimum atomic E-state index is -0.364. The van der Waals surface area contributed by atoms with E-state index in [1.165, 1.54) is 26.4 Å². The van der Waals surface area contributed by atoms with Crippen LogP contribution in [0.3, 0.4) is 0 Å². The summed E-state index contributed by atoms with van der Waals surface area (Å²) >= 11 is 0. The van der Waals surface area contributed by atoms with Gasteiger partial charge in [-0.2, -0.15) is 0 Å². The number of benzene rings is 3. The summed E-state index contributed by atoms with van der Waals surface area (Å²) in [5, 5.41) is 12.8. The standard InChI is InChI=1S/C28H29NO7/c1-32-22-13-10-18(15-21(22)30)11-14-26(31)29-27-20(7-6-8-23(27)33-2)12-9-19-16-24(34-3)28(36-5)25(17-19)35-4/h6-17,30H,1-5H3,(H,29,31)/b12-9?,14-11+. The number of rotatable bonds is 10. The number of aromatic hydroxyl groups is 1. The Morgan fingerprint density at radius 1 is 0.722 bits per heavy atom. The normalized spacial score (nSPS) is 10.9. The first-order valence-electron chi connectivity index (χ1n) is 10.9. The number of methoxy groups -OCH3 is 5. The van der Waals surface area contributed by atoms with Crippen LogP contribution >= 0.6 is 0 Å². The van der Waals surface area contributed by atoms with Crippen molar-refractivity contribution in [3.8, 4) is 34.5 Å². The van der Waals surface area contributed by atoms with Crippen LogP contribution in [0, 0.1) is 0 Å². The van der Waals surface area contributed by atoms with Crippen molar-refractivity contribution >= 4 is 29.8 Å². The number of carbonyl (C=O) groups excluding carboxylic acids is 1. The van der Waals surface area contributed by atoms with Crippen LogP contribution in [-0.2, 0) is 4.79 Å². The molecule has 0 saturated carbocycles. The van der Waals surface area contributed by atoms with Crippen molar-refractivity contribution in [2.24, 2.45) is 0 Å². The maximum absolute atomic E-state index is 12.7. The summed E-state index contributed by atoms with van der Waals surface area (Å²) in [6, 6.07) is 14.0. The lowest BCUT2D eigenvalue weighted by molar-refractivity contribution is -0.111. The van der Waals surface area contributed by atoms with Gasteiger partial charge in [0.1, 0.15) is 5.75 Å². The Hall–Kier alpha value is -4.59. The van der Waals surface area contributed by atoms with Gasteiger partial charge in [-0.1, -0.05) is 30.4 Å². The van der Waals surface area contributed by atoms with Gasteiger partial charge in [-0.3, -0.25) is 4.79 Å². The largest absolute Gasteiger partial charge is 0.504 e. The first-order valence-corrected chi connectivity index (χ1v) is 10.9. The summed E-state index contributed by atoms with van der Waals surface area (Å²) in [6.07, 6.45) is 6.69. The molecule has 0 aliphatic rings. The van der Waals surface area contributed by atoms with Crippen LogP contribution in [0.25, 0.3) is 18.2 Å². The monoisotopic (exact) mass is 491 g/mol. The van der Waals surface area contributed by atoms with E-state index in [-0.39, 0.29) is 11.7 Å². The highest BCUT2D eigenvalue weighted by atomic mass is 16.5. The maximum atomic E-state index is 12.7. The highest BCUT2D eigenvalue weighted by Crippen LogP contribution is 2.39. The molecule has 3 rings (SSSR count). The fourth-order valence-corrected chi connectivity index (χ4v) is 3.52. The molecule has 1 amide bonds. The average molecular weight is 492 g/mol. The highest BCUT2D eigenvalue weighted by molar-refractivity contribution is 6.04. The number of anilines is 1. The molecule has 188 valence electrons. The maximum Gasteiger partial charge on any atom is 0.248 e. The highest BCUT2D eigenvalue weighted by Gasteiger charge is 2.13. The smallest absolute Gasteiger partial charge is 0.248 e. The zero-order valence-corrected chi connectivity index (χ0v) is 20.8. The van der Waals surface area contributed by atoms with E-state index in [4.69, 9.17) is 23.7 Å². The van der Waals surface area contributed by atoms with Crippen LogP contribution < -0.4 is 29.0 Å². The molecule has 0 fully saturated rings. The minimum absolute atomic E-state index is 0.0102. The molecule has 0 heterocycles. The third kappa shape index (κ3) is 6.09. The molecule has 0 aliphatic carbocycles. The molecule has 0 aromatic heterocycles. The van der Waals surface area contributed by atoms with E-state index >= 15 is 0 Å². The fraction of sp³-hybridized carbons (Fsp3) is 0.179. The van der Waals surface area contributed by atoms with Crippen molar-refractivity contribution in [1.82, 2.24) is 0 Å². The first kappa shape index (κ1) is 26.0. The number of para-hydroxylation sites is 1. The lowest BCUT2D eigenvalue weighted by Crippen LogP contribution is -2.10. The molecule has 0 spiro atoms. The first-order chi connectivity index (χ1) is 17.4. The van der Waals surface area contributed by atoms with E-state index in [0.29, 0.717) is 40.0 Å². The van der Waals surface area contributed by atoms with Crippen molar-refractivity contribution in [3.05, 3.63) is 71.3 Å². The van der Waals surface area contributed by atoms with Crippen molar-refractivity contribution in [3.63, 3.8) is 0 Å².